The molecule has 25 heavy (non-hydrogen) atoms. The maximum atomic E-state index is 11.9. The molecule has 1 amide bonds. The van der Waals surface area contributed by atoms with Crippen molar-refractivity contribution in [1.29, 1.82) is 0 Å². The highest BCUT2D eigenvalue weighted by atomic mass is 16.6. The Bertz CT molecular complexity index is 835. The molecule has 1 aliphatic rings. The van der Waals surface area contributed by atoms with E-state index in [0.717, 1.165) is 35.2 Å². The SMILES string of the molecule is CCOC(=O)N1CCN(Cc2cc(=O)oc3c(C)cc(C)cc23)CC1. The highest BCUT2D eigenvalue weighted by molar-refractivity contribution is 5.83. The Balaban J connectivity index is 1.78. The molecule has 0 N–H and O–H groups in total. The van der Waals surface area contributed by atoms with Crippen LogP contribution in [0, 0.1) is 13.8 Å². The number of aryl methyl sites for hydroxylation is 2. The smallest absolute Gasteiger partial charge is 0.409 e. The number of carbonyl (C=O) groups excluding carboxylic acids is 1. The van der Waals surface area contributed by atoms with E-state index >= 15 is 0 Å². The lowest BCUT2D eigenvalue weighted by molar-refractivity contribution is 0.0779. The number of fused-ring (bicyclic) bond motifs is 1. The van der Waals surface area contributed by atoms with E-state index in [1.54, 1.807) is 11.0 Å². The van der Waals surface area contributed by atoms with Gasteiger partial charge in [-0.25, -0.2) is 9.59 Å². The number of rotatable bonds is 3. The molecule has 6 nitrogen and oxygen atoms in total. The molecule has 1 aliphatic heterocycles. The summed E-state index contributed by atoms with van der Waals surface area (Å²) < 4.78 is 10.5. The van der Waals surface area contributed by atoms with Crippen LogP contribution in [-0.2, 0) is 11.3 Å². The largest absolute Gasteiger partial charge is 0.450 e. The molecule has 1 fully saturated rings. The molecule has 1 aromatic heterocycles. The maximum Gasteiger partial charge on any atom is 0.409 e. The monoisotopic (exact) mass is 344 g/mol. The molecule has 2 heterocycles. The van der Waals surface area contributed by atoms with E-state index in [9.17, 15) is 9.59 Å². The molecule has 0 unspecified atom stereocenters. The van der Waals surface area contributed by atoms with Crippen molar-refractivity contribution in [3.63, 3.8) is 0 Å². The normalized spacial score (nSPS) is 15.6. The van der Waals surface area contributed by atoms with Gasteiger partial charge in [0.05, 0.1) is 6.61 Å². The molecule has 2 aromatic rings. The Morgan fingerprint density at radius 3 is 2.56 bits per heavy atom. The second-order valence-electron chi connectivity index (χ2n) is 6.51. The highest BCUT2D eigenvalue weighted by Gasteiger charge is 2.22. The first-order valence-corrected chi connectivity index (χ1v) is 8.66. The first-order valence-electron chi connectivity index (χ1n) is 8.66. The number of carbonyl (C=O) groups is 1. The fraction of sp³-hybridized carbons (Fsp3) is 0.474. The fourth-order valence-corrected chi connectivity index (χ4v) is 3.35. The van der Waals surface area contributed by atoms with Gasteiger partial charge in [-0.1, -0.05) is 6.07 Å². The van der Waals surface area contributed by atoms with Gasteiger partial charge in [0.15, 0.2) is 0 Å². The van der Waals surface area contributed by atoms with Gasteiger partial charge in [0.2, 0.25) is 0 Å². The van der Waals surface area contributed by atoms with Crippen molar-refractivity contribution in [3.8, 4) is 0 Å². The number of hydrogen-bond acceptors (Lipinski definition) is 5. The van der Waals surface area contributed by atoms with Crippen molar-refractivity contribution in [2.75, 3.05) is 32.8 Å². The molecule has 3 rings (SSSR count). The summed E-state index contributed by atoms with van der Waals surface area (Å²) in [5.74, 6) is 0. The van der Waals surface area contributed by atoms with Crippen LogP contribution in [0.2, 0.25) is 0 Å². The molecule has 0 aliphatic carbocycles. The maximum absolute atomic E-state index is 11.9. The molecule has 0 saturated carbocycles. The number of piperazine rings is 1. The van der Waals surface area contributed by atoms with Crippen LogP contribution in [-0.4, -0.2) is 48.7 Å². The summed E-state index contributed by atoms with van der Waals surface area (Å²) in [6.07, 6.45) is -0.251. The van der Waals surface area contributed by atoms with Crippen LogP contribution in [0.3, 0.4) is 0 Å². The van der Waals surface area contributed by atoms with Crippen LogP contribution in [0.4, 0.5) is 4.79 Å². The van der Waals surface area contributed by atoms with E-state index in [1.165, 1.54) is 0 Å². The third kappa shape index (κ3) is 3.85. The van der Waals surface area contributed by atoms with Crippen LogP contribution in [0.1, 0.15) is 23.6 Å². The molecule has 6 heteroatoms. The quantitative estimate of drug-likeness (QED) is 0.801. The van der Waals surface area contributed by atoms with Crippen molar-refractivity contribution in [1.82, 2.24) is 9.80 Å². The summed E-state index contributed by atoms with van der Waals surface area (Å²) in [5, 5.41) is 0.991. The molecule has 0 atom stereocenters. The van der Waals surface area contributed by atoms with E-state index < -0.39 is 0 Å². The predicted octanol–water partition coefficient (Wildman–Crippen LogP) is 2.68. The van der Waals surface area contributed by atoms with Gasteiger partial charge in [0.25, 0.3) is 0 Å². The van der Waals surface area contributed by atoms with Crippen LogP contribution < -0.4 is 5.63 Å². The first-order chi connectivity index (χ1) is 12.0. The minimum atomic E-state index is -0.320. The first kappa shape index (κ1) is 17.5. The lowest BCUT2D eigenvalue weighted by atomic mass is 10.0. The number of ether oxygens (including phenoxy) is 1. The third-order valence-electron chi connectivity index (χ3n) is 4.55. The lowest BCUT2D eigenvalue weighted by Crippen LogP contribution is -2.48. The summed E-state index contributed by atoms with van der Waals surface area (Å²) in [6.45, 7) is 9.65. The Hall–Kier alpha value is -2.34. The van der Waals surface area contributed by atoms with Crippen molar-refractivity contribution in [2.24, 2.45) is 0 Å². The topological polar surface area (TPSA) is 63.0 Å². The van der Waals surface area contributed by atoms with Crippen LogP contribution >= 0.6 is 0 Å². The summed E-state index contributed by atoms with van der Waals surface area (Å²) in [7, 11) is 0. The summed E-state index contributed by atoms with van der Waals surface area (Å²) in [5.41, 5.74) is 3.44. The van der Waals surface area contributed by atoms with Crippen molar-refractivity contribution in [3.05, 3.63) is 45.3 Å². The standard InChI is InChI=1S/C19H24N2O4/c1-4-24-19(23)21-7-5-20(6-8-21)12-15-11-17(22)25-18-14(3)9-13(2)10-16(15)18/h9-11H,4-8,12H2,1-3H3. The molecular formula is C19H24N2O4. The predicted molar refractivity (Wildman–Crippen MR) is 95.8 cm³/mol. The third-order valence-corrected chi connectivity index (χ3v) is 4.55. The molecule has 134 valence electrons. The van der Waals surface area contributed by atoms with Crippen molar-refractivity contribution in [2.45, 2.75) is 27.3 Å². The van der Waals surface area contributed by atoms with E-state index in [2.05, 4.69) is 11.0 Å². The van der Waals surface area contributed by atoms with Crippen molar-refractivity contribution < 1.29 is 13.9 Å². The van der Waals surface area contributed by atoms with Gasteiger partial charge < -0.3 is 14.1 Å². The Labute approximate surface area is 147 Å². The molecule has 0 radical (unpaired) electrons. The molecule has 0 spiro atoms. The zero-order chi connectivity index (χ0) is 18.0. The summed E-state index contributed by atoms with van der Waals surface area (Å²) in [4.78, 5) is 27.7. The number of hydrogen-bond donors (Lipinski definition) is 0. The molecule has 1 aromatic carbocycles. The van der Waals surface area contributed by atoms with Gasteiger partial charge in [-0.3, -0.25) is 4.90 Å². The minimum absolute atomic E-state index is 0.251. The average Bonchev–Trinajstić information content (AvgIpc) is 2.57. The lowest BCUT2D eigenvalue weighted by Gasteiger charge is -2.34. The average molecular weight is 344 g/mol. The number of nitrogens with zero attached hydrogens (tertiary/aromatic N) is 2. The van der Waals surface area contributed by atoms with Gasteiger partial charge >= 0.3 is 11.7 Å². The summed E-state index contributed by atoms with van der Waals surface area (Å²) in [6, 6.07) is 5.67. The van der Waals surface area contributed by atoms with E-state index in [1.807, 2.05) is 26.8 Å². The molecule has 1 saturated heterocycles. The van der Waals surface area contributed by atoms with Crippen molar-refractivity contribution >= 4 is 17.1 Å². The second-order valence-corrected chi connectivity index (χ2v) is 6.51. The van der Waals surface area contributed by atoms with Gasteiger partial charge in [-0.05, 0) is 43.5 Å². The second kappa shape index (κ2) is 7.27. The van der Waals surface area contributed by atoms with Gasteiger partial charge in [-0.15, -0.1) is 0 Å². The van der Waals surface area contributed by atoms with Crippen LogP contribution in [0.25, 0.3) is 11.0 Å². The minimum Gasteiger partial charge on any atom is -0.450 e. The number of amides is 1. The van der Waals surface area contributed by atoms with Crippen LogP contribution in [0.5, 0.6) is 0 Å². The van der Waals surface area contributed by atoms with E-state index in [-0.39, 0.29) is 11.7 Å². The van der Waals surface area contributed by atoms with Gasteiger partial charge in [-0.2, -0.15) is 0 Å². The highest BCUT2D eigenvalue weighted by Crippen LogP contribution is 2.24. The van der Waals surface area contributed by atoms with Gasteiger partial charge in [0, 0.05) is 44.2 Å². The Morgan fingerprint density at radius 2 is 1.88 bits per heavy atom. The van der Waals surface area contributed by atoms with Crippen LogP contribution in [0.15, 0.2) is 27.4 Å². The molecular weight excluding hydrogens is 320 g/mol. The van der Waals surface area contributed by atoms with E-state index in [4.69, 9.17) is 9.15 Å². The zero-order valence-electron chi connectivity index (χ0n) is 15.0. The van der Waals surface area contributed by atoms with Gasteiger partial charge in [0.1, 0.15) is 5.58 Å². The summed E-state index contributed by atoms with van der Waals surface area (Å²) >= 11 is 0. The number of benzene rings is 1. The molecule has 0 bridgehead atoms. The van der Waals surface area contributed by atoms with E-state index in [0.29, 0.717) is 31.8 Å². The Kier molecular flexibility index (Phi) is 5.08. The fourth-order valence-electron chi connectivity index (χ4n) is 3.35. The Morgan fingerprint density at radius 1 is 1.16 bits per heavy atom. The zero-order valence-corrected chi connectivity index (χ0v) is 15.0.